The van der Waals surface area contributed by atoms with Crippen LogP contribution in [-0.2, 0) is 21.0 Å². The molecule has 0 nitrogen and oxygen atoms in total. The van der Waals surface area contributed by atoms with E-state index in [9.17, 15) is 0 Å². The number of benzene rings is 4. The van der Waals surface area contributed by atoms with Crippen LogP contribution in [0.1, 0.15) is 87.7 Å². The van der Waals surface area contributed by atoms with Crippen LogP contribution < -0.4 is 0 Å². The third-order valence-electron chi connectivity index (χ3n) is 11.0. The Labute approximate surface area is 286 Å². The van der Waals surface area contributed by atoms with Crippen molar-refractivity contribution in [3.63, 3.8) is 0 Å². The van der Waals surface area contributed by atoms with E-state index in [1.807, 2.05) is 0 Å². The molecule has 239 valence electrons. The molecule has 0 aliphatic heterocycles. The first-order valence-electron chi connectivity index (χ1n) is 17.0. The summed E-state index contributed by atoms with van der Waals surface area (Å²) < 4.78 is 0.169. The van der Waals surface area contributed by atoms with E-state index >= 15 is 0 Å². The molecule has 0 spiro atoms. The molecule has 4 heteroatoms. The summed E-state index contributed by atoms with van der Waals surface area (Å²) in [6.07, 6.45) is 4.93. The molecule has 0 aromatic heterocycles. The van der Waals surface area contributed by atoms with Crippen LogP contribution in [0.2, 0.25) is 13.1 Å². The van der Waals surface area contributed by atoms with Crippen molar-refractivity contribution in [2.75, 3.05) is 0 Å². The minimum absolute atomic E-state index is 0.0816. The zero-order valence-electron chi connectivity index (χ0n) is 29.2. The van der Waals surface area contributed by atoms with Gasteiger partial charge in [-0.25, -0.2) is 0 Å². The molecule has 2 atom stereocenters. The number of hydrogen-bond acceptors (Lipinski definition) is 0. The van der Waals surface area contributed by atoms with Crippen molar-refractivity contribution in [1.29, 1.82) is 0 Å². The first kappa shape index (κ1) is 33.9. The van der Waals surface area contributed by atoms with E-state index in [4.69, 9.17) is 17.0 Å². The second kappa shape index (κ2) is 11.9. The summed E-state index contributed by atoms with van der Waals surface area (Å²) in [4.78, 5) is 0. The molecule has 6 rings (SSSR count). The van der Waals surface area contributed by atoms with Gasteiger partial charge in [-0.05, 0) is 0 Å². The van der Waals surface area contributed by atoms with Crippen molar-refractivity contribution < 1.29 is 15.6 Å². The SMILES string of the molecule is CC1=Cc2c(-c3ccc(C(C)(C)C)cc3)c(C)cc(C)c2[CH]1[Zr]([Cl])([Cl])([CH]1C(C(C)C)=Cc2c(-c3ccccc3)cccc21)[SiH](C)C. The number of hydrogen-bond donors (Lipinski definition) is 0. The van der Waals surface area contributed by atoms with Crippen LogP contribution in [0.4, 0.5) is 0 Å². The zero-order chi connectivity index (χ0) is 33.4. The molecule has 0 N–H and O–H groups in total. The summed E-state index contributed by atoms with van der Waals surface area (Å²) in [5, 5.41) is 0. The molecule has 0 amide bonds. The Hall–Kier alpha value is -1.96. The van der Waals surface area contributed by atoms with Gasteiger partial charge < -0.3 is 0 Å². The molecular weight excluding hydrogens is 695 g/mol. The predicted molar refractivity (Wildman–Crippen MR) is 204 cm³/mol. The zero-order valence-corrected chi connectivity index (χ0v) is 34.4. The van der Waals surface area contributed by atoms with E-state index in [1.165, 1.54) is 72.3 Å². The standard InChI is InChI=1S/C22H25.C18H17.C2H7Si.2ClH.Zr/c1-14-11-19-15(2)13-16(3)21(20(19)12-14)17-7-9-18(10-8-17)22(4,5)6;1-13(2)16-11-15-9-6-10-17(18(15)12-16)14-7-4-3-5-8-14;1-3-2;;;/h7-13H,1-6H3;3-13H,1-2H3;3H,1-2H3;2*1H;/q;;;;;+2/p-2. The summed E-state index contributed by atoms with van der Waals surface area (Å²) >= 11 is -4.84. The Morgan fingerprint density at radius 3 is 1.96 bits per heavy atom. The van der Waals surface area contributed by atoms with E-state index in [1.54, 1.807) is 0 Å². The number of aryl methyl sites for hydroxylation is 2. The van der Waals surface area contributed by atoms with Crippen LogP contribution >= 0.6 is 17.0 Å². The van der Waals surface area contributed by atoms with Crippen molar-refractivity contribution in [1.82, 2.24) is 0 Å². The van der Waals surface area contributed by atoms with Gasteiger partial charge in [-0.15, -0.1) is 0 Å². The summed E-state index contributed by atoms with van der Waals surface area (Å²) in [6, 6.07) is 29.3. The molecule has 0 radical (unpaired) electrons. The molecule has 0 saturated carbocycles. The third kappa shape index (κ3) is 5.26. The number of fused-ring (bicyclic) bond motifs is 2. The van der Waals surface area contributed by atoms with E-state index in [0.717, 1.165) is 0 Å². The van der Waals surface area contributed by atoms with Crippen LogP contribution in [0.3, 0.4) is 0 Å². The minimum atomic E-state index is -4.84. The average molecular weight is 744 g/mol. The molecule has 2 unspecified atom stereocenters. The molecule has 0 bridgehead atoms. The van der Waals surface area contributed by atoms with Crippen molar-refractivity contribution in [3.05, 3.63) is 129 Å². The molecule has 2 aliphatic carbocycles. The molecule has 46 heavy (non-hydrogen) atoms. The summed E-state index contributed by atoms with van der Waals surface area (Å²) in [5.41, 5.74) is 17.4. The molecule has 4 aromatic rings. The van der Waals surface area contributed by atoms with E-state index in [-0.39, 0.29) is 12.7 Å². The first-order valence-corrected chi connectivity index (χ1v) is 33.3. The Balaban J connectivity index is 1.59. The van der Waals surface area contributed by atoms with Crippen LogP contribution in [0.15, 0.2) is 90.0 Å². The Kier molecular flexibility index (Phi) is 8.76. The van der Waals surface area contributed by atoms with Gasteiger partial charge in [0.05, 0.1) is 0 Å². The second-order valence-corrected chi connectivity index (χ2v) is 58.2. The Morgan fingerprint density at radius 2 is 1.37 bits per heavy atom. The van der Waals surface area contributed by atoms with E-state index < -0.39 is 21.5 Å². The topological polar surface area (TPSA) is 0 Å². The van der Waals surface area contributed by atoms with E-state index in [0.29, 0.717) is 5.92 Å². The maximum absolute atomic E-state index is 8.67. The summed E-state index contributed by atoms with van der Waals surface area (Å²) in [7, 11) is 17.3. The molecule has 4 aromatic carbocycles. The van der Waals surface area contributed by atoms with E-state index in [2.05, 4.69) is 159 Å². The van der Waals surface area contributed by atoms with Crippen molar-refractivity contribution in [2.45, 2.75) is 81.2 Å². The van der Waals surface area contributed by atoms with Gasteiger partial charge in [-0.3, -0.25) is 0 Å². The van der Waals surface area contributed by atoms with Gasteiger partial charge in [0.15, 0.2) is 0 Å². The summed E-state index contributed by atoms with van der Waals surface area (Å²) in [5.74, 6) is -1.29. The second-order valence-electron chi connectivity index (χ2n) is 15.6. The summed E-state index contributed by atoms with van der Waals surface area (Å²) in [6.45, 7) is 23.3. The van der Waals surface area contributed by atoms with Crippen molar-refractivity contribution in [2.24, 2.45) is 5.92 Å². The molecule has 0 fully saturated rings. The molecular formula is C42H49Cl2SiZr. The normalized spacial score (nSPS) is 18.7. The van der Waals surface area contributed by atoms with Crippen LogP contribution in [0, 0.1) is 19.8 Å². The monoisotopic (exact) mass is 741 g/mol. The van der Waals surface area contributed by atoms with Crippen molar-refractivity contribution >= 4 is 35.1 Å². The van der Waals surface area contributed by atoms with Gasteiger partial charge in [0.2, 0.25) is 0 Å². The van der Waals surface area contributed by atoms with Crippen LogP contribution in [-0.4, -0.2) is 5.92 Å². The predicted octanol–water partition coefficient (Wildman–Crippen LogP) is 13.2. The molecule has 0 heterocycles. The fourth-order valence-electron chi connectivity index (χ4n) is 8.58. The van der Waals surface area contributed by atoms with Gasteiger partial charge in [0.25, 0.3) is 0 Å². The molecule has 0 saturated heterocycles. The number of halogens is 2. The fourth-order valence-corrected chi connectivity index (χ4v) is 40.8. The van der Waals surface area contributed by atoms with Gasteiger partial charge in [-0.1, -0.05) is 0 Å². The maximum atomic E-state index is 8.67. The van der Waals surface area contributed by atoms with Crippen LogP contribution in [0.25, 0.3) is 34.4 Å². The average Bonchev–Trinajstić information content (AvgIpc) is 3.57. The number of allylic oxidation sites excluding steroid dienone is 2. The number of rotatable bonds is 6. The Bertz CT molecular complexity index is 1890. The quantitative estimate of drug-likeness (QED) is 0.173. The van der Waals surface area contributed by atoms with Gasteiger partial charge >= 0.3 is 289 Å². The van der Waals surface area contributed by atoms with Gasteiger partial charge in [-0.2, -0.15) is 0 Å². The third-order valence-corrected chi connectivity index (χ3v) is 62.9. The molecule has 2 aliphatic rings. The Morgan fingerprint density at radius 1 is 0.717 bits per heavy atom. The van der Waals surface area contributed by atoms with Gasteiger partial charge in [0, 0.05) is 0 Å². The van der Waals surface area contributed by atoms with Crippen molar-refractivity contribution in [3.8, 4) is 22.3 Å². The van der Waals surface area contributed by atoms with Gasteiger partial charge in [0.1, 0.15) is 0 Å². The fraction of sp³-hybridized carbons (Fsp3) is 0.333. The first-order chi connectivity index (χ1) is 21.5. The van der Waals surface area contributed by atoms with Crippen LogP contribution in [0.5, 0.6) is 0 Å².